The van der Waals surface area contributed by atoms with E-state index in [1.807, 2.05) is 0 Å². The molecule has 0 N–H and O–H groups in total. The van der Waals surface area contributed by atoms with E-state index < -0.39 is 36.2 Å². The Morgan fingerprint density at radius 2 is 1.44 bits per heavy atom. The van der Waals surface area contributed by atoms with Gasteiger partial charge in [-0.3, -0.25) is 0 Å². The van der Waals surface area contributed by atoms with Crippen LogP contribution in [0.2, 0.25) is 0 Å². The van der Waals surface area contributed by atoms with Crippen LogP contribution < -0.4 is 56.8 Å². The average Bonchev–Trinajstić information content (AvgIpc) is 2.14. The molecular weight excluding hydrogens is 298 g/mol. The van der Waals surface area contributed by atoms with Gasteiger partial charge in [0.05, 0.1) is 5.56 Å². The number of hydrogen-bond acceptors (Lipinski definition) is 0. The predicted octanol–water partition coefficient (Wildman–Crippen LogP) is 0.701. The maximum atomic E-state index is 12.2. The van der Waals surface area contributed by atoms with Gasteiger partial charge in [0.25, 0.3) is 6.43 Å². The van der Waals surface area contributed by atoms with Gasteiger partial charge >= 0.3 is 64.5 Å². The molecule has 10 heteroatoms. The first-order valence-electron chi connectivity index (χ1n) is 4.22. The summed E-state index contributed by atoms with van der Waals surface area (Å²) in [6, 6.07) is -0.137. The quantitative estimate of drug-likeness (QED) is 0.557. The standard InChI is InChI=1S/C8H4BF8.K/c10-7(11)4-1-5(8(12,13)14)3-6(2-4)9(15,16)17;/h1-3,7H;/q-1;+1. The van der Waals surface area contributed by atoms with E-state index in [1.165, 1.54) is 0 Å². The normalized spacial score (nSPS) is 12.5. The molecule has 0 nitrogen and oxygen atoms in total. The van der Waals surface area contributed by atoms with Crippen molar-refractivity contribution < 1.29 is 86.3 Å². The van der Waals surface area contributed by atoms with Crippen molar-refractivity contribution in [1.29, 1.82) is 0 Å². The molecule has 0 aromatic heterocycles. The number of alkyl halides is 5. The van der Waals surface area contributed by atoms with Crippen LogP contribution >= 0.6 is 0 Å². The van der Waals surface area contributed by atoms with Gasteiger partial charge in [-0.2, -0.15) is 13.2 Å². The maximum absolute atomic E-state index is 12.2. The maximum Gasteiger partial charge on any atom is 1.00 e. The van der Waals surface area contributed by atoms with Crippen molar-refractivity contribution >= 4 is 12.4 Å². The molecule has 0 unspecified atom stereocenters. The molecule has 0 radical (unpaired) electrons. The van der Waals surface area contributed by atoms with Gasteiger partial charge < -0.3 is 12.9 Å². The van der Waals surface area contributed by atoms with Gasteiger partial charge in [0, 0.05) is 5.56 Å². The second-order valence-corrected chi connectivity index (χ2v) is 3.26. The van der Waals surface area contributed by atoms with Crippen molar-refractivity contribution in [2.45, 2.75) is 12.6 Å². The van der Waals surface area contributed by atoms with E-state index >= 15 is 0 Å². The summed E-state index contributed by atoms with van der Waals surface area (Å²) in [6.07, 6.45) is -8.49. The Hall–Kier alpha value is 0.361. The summed E-state index contributed by atoms with van der Waals surface area (Å²) in [5, 5.41) is 0. The first kappa shape index (κ1) is 18.4. The molecule has 0 spiro atoms. The summed E-state index contributed by atoms with van der Waals surface area (Å²) in [6.45, 7) is -5.76. The second kappa shape index (κ2) is 6.21. The minimum Gasteiger partial charge on any atom is -0.445 e. The van der Waals surface area contributed by atoms with E-state index in [1.54, 1.807) is 0 Å². The molecule has 1 rings (SSSR count). The Balaban J connectivity index is 0.00000289. The molecule has 0 heterocycles. The molecule has 0 amide bonds. The van der Waals surface area contributed by atoms with E-state index in [2.05, 4.69) is 0 Å². The largest absolute Gasteiger partial charge is 1.00 e. The van der Waals surface area contributed by atoms with Crippen molar-refractivity contribution in [3.63, 3.8) is 0 Å². The SMILES string of the molecule is FC(F)c1cc([B-](F)(F)F)cc(C(F)(F)F)c1.[K+]. The molecule has 0 aliphatic rings. The van der Waals surface area contributed by atoms with Gasteiger partial charge in [0.2, 0.25) is 0 Å². The number of halogens is 8. The zero-order valence-electron chi connectivity index (χ0n) is 8.91. The summed E-state index contributed by atoms with van der Waals surface area (Å²) in [7, 11) is 0. The molecule has 96 valence electrons. The fourth-order valence-electron chi connectivity index (χ4n) is 1.16. The topological polar surface area (TPSA) is 0 Å². The minimum atomic E-state index is -5.76. The third-order valence-corrected chi connectivity index (χ3v) is 1.93. The monoisotopic (exact) mass is 302 g/mol. The molecular formula is C8H4BF8K. The fraction of sp³-hybridized carbons (Fsp3) is 0.250. The smallest absolute Gasteiger partial charge is 0.445 e. The summed E-state index contributed by atoms with van der Waals surface area (Å²) in [5.74, 6) is 0. The summed E-state index contributed by atoms with van der Waals surface area (Å²) >= 11 is 0. The summed E-state index contributed by atoms with van der Waals surface area (Å²) < 4.78 is 97.7. The Morgan fingerprint density at radius 1 is 0.944 bits per heavy atom. The molecule has 0 saturated carbocycles. The van der Waals surface area contributed by atoms with Crippen LogP contribution in [-0.2, 0) is 6.18 Å². The first-order chi connectivity index (χ1) is 7.51. The van der Waals surface area contributed by atoms with Gasteiger partial charge in [-0.1, -0.05) is 12.1 Å². The Kier molecular flexibility index (Phi) is 6.33. The zero-order valence-corrected chi connectivity index (χ0v) is 12.0. The van der Waals surface area contributed by atoms with E-state index in [9.17, 15) is 34.9 Å². The van der Waals surface area contributed by atoms with Gasteiger partial charge in [0.15, 0.2) is 0 Å². The predicted molar refractivity (Wildman–Crippen MR) is 45.1 cm³/mol. The number of rotatable bonds is 2. The number of hydrogen-bond donors (Lipinski definition) is 0. The Labute approximate surface area is 139 Å². The van der Waals surface area contributed by atoms with E-state index in [0.29, 0.717) is 0 Å². The van der Waals surface area contributed by atoms with Gasteiger partial charge in [0.1, 0.15) is 0 Å². The van der Waals surface area contributed by atoms with Gasteiger partial charge in [-0.15, -0.1) is 5.46 Å². The molecule has 1 aromatic carbocycles. The van der Waals surface area contributed by atoms with Crippen molar-refractivity contribution in [3.05, 3.63) is 29.3 Å². The number of benzene rings is 1. The Bertz CT molecular complexity index is 378. The van der Waals surface area contributed by atoms with Gasteiger partial charge in [-0.25, -0.2) is 8.78 Å². The fourth-order valence-corrected chi connectivity index (χ4v) is 1.16. The van der Waals surface area contributed by atoms with E-state index in [4.69, 9.17) is 0 Å². The van der Waals surface area contributed by atoms with Crippen LogP contribution in [0.15, 0.2) is 18.2 Å². The third kappa shape index (κ3) is 4.80. The molecule has 0 atom stereocenters. The molecule has 0 fully saturated rings. The van der Waals surface area contributed by atoms with Crippen molar-refractivity contribution in [3.8, 4) is 0 Å². The minimum absolute atomic E-state index is 0. The molecule has 18 heavy (non-hydrogen) atoms. The molecule has 0 saturated heterocycles. The van der Waals surface area contributed by atoms with Crippen molar-refractivity contribution in [2.75, 3.05) is 0 Å². The van der Waals surface area contributed by atoms with Crippen molar-refractivity contribution in [2.24, 2.45) is 0 Å². The average molecular weight is 302 g/mol. The van der Waals surface area contributed by atoms with Crippen LogP contribution in [0.1, 0.15) is 17.6 Å². The van der Waals surface area contributed by atoms with Crippen LogP contribution in [-0.4, -0.2) is 6.98 Å². The van der Waals surface area contributed by atoms with Gasteiger partial charge in [-0.05, 0) is 6.07 Å². The van der Waals surface area contributed by atoms with Crippen LogP contribution in [0.25, 0.3) is 0 Å². The van der Waals surface area contributed by atoms with Crippen LogP contribution in [0.4, 0.5) is 34.9 Å². The summed E-state index contributed by atoms with van der Waals surface area (Å²) in [4.78, 5) is 0. The van der Waals surface area contributed by atoms with Crippen molar-refractivity contribution in [1.82, 2.24) is 0 Å². The van der Waals surface area contributed by atoms with Crippen LogP contribution in [0.3, 0.4) is 0 Å². The molecule has 0 aliphatic carbocycles. The van der Waals surface area contributed by atoms with Crippen LogP contribution in [0, 0.1) is 0 Å². The second-order valence-electron chi connectivity index (χ2n) is 3.26. The van der Waals surface area contributed by atoms with E-state index in [-0.39, 0.29) is 69.6 Å². The van der Waals surface area contributed by atoms with Crippen LogP contribution in [0.5, 0.6) is 0 Å². The molecule has 0 aliphatic heterocycles. The first-order valence-corrected chi connectivity index (χ1v) is 4.22. The molecule has 0 bridgehead atoms. The third-order valence-electron chi connectivity index (χ3n) is 1.93. The van der Waals surface area contributed by atoms with E-state index in [0.717, 1.165) is 0 Å². The molecule has 1 aromatic rings. The summed E-state index contributed by atoms with van der Waals surface area (Å²) in [5.41, 5.74) is -4.71. The Morgan fingerprint density at radius 3 is 1.78 bits per heavy atom. The zero-order chi connectivity index (χ0) is 13.4.